The number of phenols is 1. The average molecular weight is 647 g/mol. The van der Waals surface area contributed by atoms with Crippen LogP contribution in [-0.2, 0) is 16.0 Å². The number of aliphatic hydroxyl groups is 1. The number of fused-ring (bicyclic) bond motifs is 5. The number of rotatable bonds is 14. The summed E-state index contributed by atoms with van der Waals surface area (Å²) < 4.78 is 67.3. The largest absolute Gasteiger partial charge is 0.508 e. The highest BCUT2D eigenvalue weighted by Crippen LogP contribution is 2.60. The number of hydrogen-bond acceptors (Lipinski definition) is 4. The molecule has 0 aromatic heterocycles. The Hall–Kier alpha value is -1.90. The van der Waals surface area contributed by atoms with Crippen molar-refractivity contribution in [2.75, 3.05) is 6.61 Å². The van der Waals surface area contributed by atoms with Crippen molar-refractivity contribution in [3.8, 4) is 5.75 Å². The minimum atomic E-state index is -5.54. The molecule has 45 heavy (non-hydrogen) atoms. The molecule has 4 rings (SSSR count). The van der Waals surface area contributed by atoms with Crippen LogP contribution in [0, 0.1) is 23.2 Å². The minimum Gasteiger partial charge on any atom is -0.508 e. The first-order chi connectivity index (χ1) is 21.2. The molecule has 6 atom stereocenters. The van der Waals surface area contributed by atoms with Crippen molar-refractivity contribution in [3.63, 3.8) is 0 Å². The summed E-state index contributed by atoms with van der Waals surface area (Å²) in [6.07, 6.45) is 7.45. The zero-order chi connectivity index (χ0) is 33.3. The second-order valence-electron chi connectivity index (χ2n) is 13.9. The maximum absolute atomic E-state index is 12.9. The fourth-order valence-electron chi connectivity index (χ4n) is 8.24. The van der Waals surface area contributed by atoms with Crippen LogP contribution in [0.4, 0.5) is 22.0 Å². The Labute approximate surface area is 266 Å². The molecule has 1 aromatic carbocycles. The molecule has 4 nitrogen and oxygen atoms in total. The Balaban J connectivity index is 0.000000249. The van der Waals surface area contributed by atoms with E-state index in [0.29, 0.717) is 24.0 Å². The van der Waals surface area contributed by atoms with Gasteiger partial charge in [0.25, 0.3) is 0 Å². The first kappa shape index (κ1) is 37.6. The molecule has 1 aromatic rings. The first-order valence-corrected chi connectivity index (χ1v) is 17.4. The molecule has 3 aliphatic carbocycles. The van der Waals surface area contributed by atoms with Gasteiger partial charge in [-0.2, -0.15) is 22.0 Å². The Kier molecular flexibility index (Phi) is 14.0. The molecule has 0 aliphatic heterocycles. The molecule has 0 spiro atoms. The van der Waals surface area contributed by atoms with Crippen LogP contribution in [0.5, 0.6) is 5.75 Å². The zero-order valence-corrected chi connectivity index (χ0v) is 27.4. The number of unbranched alkanes of at least 4 members (excludes halogenated alkanes) is 6. The van der Waals surface area contributed by atoms with Crippen molar-refractivity contribution in [1.82, 2.24) is 0 Å². The number of carbonyl (C=O) groups is 1. The summed E-state index contributed by atoms with van der Waals surface area (Å²) in [7, 11) is 0. The van der Waals surface area contributed by atoms with Gasteiger partial charge in [0.05, 0.1) is 18.6 Å². The molecule has 9 heteroatoms. The lowest BCUT2D eigenvalue weighted by molar-refractivity contribution is -0.284. The van der Waals surface area contributed by atoms with Gasteiger partial charge in [0.15, 0.2) is 0 Å². The van der Waals surface area contributed by atoms with E-state index in [1.165, 1.54) is 43.2 Å². The molecule has 0 heterocycles. The van der Waals surface area contributed by atoms with E-state index in [1.807, 2.05) is 12.1 Å². The number of hydrogen-bond donors (Lipinski definition) is 2. The third-order valence-electron chi connectivity index (χ3n) is 10.9. The van der Waals surface area contributed by atoms with Gasteiger partial charge in [-0.3, -0.25) is 4.79 Å². The first-order valence-electron chi connectivity index (χ1n) is 17.4. The zero-order valence-electron chi connectivity index (χ0n) is 27.4. The van der Waals surface area contributed by atoms with Crippen LogP contribution in [0.1, 0.15) is 141 Å². The van der Waals surface area contributed by atoms with Crippen LogP contribution >= 0.6 is 0 Å². The monoisotopic (exact) mass is 646 g/mol. The van der Waals surface area contributed by atoms with Crippen LogP contribution in [0.25, 0.3) is 0 Å². The molecule has 2 saturated carbocycles. The summed E-state index contributed by atoms with van der Waals surface area (Å²) in [6, 6.07) is 5.96. The van der Waals surface area contributed by atoms with Gasteiger partial charge in [-0.1, -0.05) is 64.9 Å². The molecular formula is C36H55F5O4. The number of benzene rings is 1. The summed E-state index contributed by atoms with van der Waals surface area (Å²) in [5, 5.41) is 20.0. The Bertz CT molecular complexity index is 1060. The quantitative estimate of drug-likeness (QED) is 0.120. The smallest absolute Gasteiger partial charge is 0.453 e. The molecule has 0 amide bonds. The predicted molar refractivity (Wildman–Crippen MR) is 166 cm³/mol. The summed E-state index contributed by atoms with van der Waals surface area (Å²) in [5.41, 5.74) is 2.99. The molecule has 3 aliphatic rings. The molecule has 6 unspecified atom stereocenters. The van der Waals surface area contributed by atoms with Crippen LogP contribution in [0.2, 0.25) is 0 Å². The summed E-state index contributed by atoms with van der Waals surface area (Å²) in [5.74, 6) is -3.31. The molecule has 0 saturated heterocycles. The number of ether oxygens (including phenoxy) is 1. The van der Waals surface area contributed by atoms with E-state index in [0.717, 1.165) is 57.3 Å². The number of aryl methyl sites for hydroxylation is 1. The van der Waals surface area contributed by atoms with E-state index < -0.39 is 30.4 Å². The van der Waals surface area contributed by atoms with E-state index in [1.54, 1.807) is 6.92 Å². The van der Waals surface area contributed by atoms with Gasteiger partial charge in [0.2, 0.25) is 0 Å². The predicted octanol–water partition coefficient (Wildman–Crippen LogP) is 10.3. The van der Waals surface area contributed by atoms with Gasteiger partial charge in [0, 0.05) is 6.42 Å². The number of esters is 1. The lowest BCUT2D eigenvalue weighted by Crippen LogP contribution is -2.43. The number of aliphatic hydroxyl groups excluding tert-OH is 1. The topological polar surface area (TPSA) is 66.8 Å². The van der Waals surface area contributed by atoms with Gasteiger partial charge in [0.1, 0.15) is 5.75 Å². The molecular weight excluding hydrogens is 591 g/mol. The number of halogens is 5. The molecule has 0 bridgehead atoms. The SMILES string of the molecule is CC12CCC3c4ccc(O)cc4CCC3C1CCC2O.CCCCCCCCCC(CCCC(F)(F)C(F)(F)F)C(=O)OCC. The molecule has 2 N–H and O–H groups in total. The number of aromatic hydroxyl groups is 1. The molecule has 0 radical (unpaired) electrons. The van der Waals surface area contributed by atoms with E-state index in [9.17, 15) is 37.0 Å². The Morgan fingerprint density at radius 3 is 2.29 bits per heavy atom. The van der Waals surface area contributed by atoms with Crippen LogP contribution in [0.15, 0.2) is 18.2 Å². The van der Waals surface area contributed by atoms with Gasteiger partial charge < -0.3 is 14.9 Å². The summed E-state index contributed by atoms with van der Waals surface area (Å²) >= 11 is 0. The summed E-state index contributed by atoms with van der Waals surface area (Å²) in [6.45, 7) is 6.26. The maximum Gasteiger partial charge on any atom is 0.453 e. The normalized spacial score (nSPS) is 26.6. The van der Waals surface area contributed by atoms with Crippen LogP contribution in [-0.4, -0.2) is 41.0 Å². The van der Waals surface area contributed by atoms with Crippen LogP contribution in [0.3, 0.4) is 0 Å². The van der Waals surface area contributed by atoms with E-state index in [-0.39, 0.29) is 31.0 Å². The molecule has 258 valence electrons. The highest BCUT2D eigenvalue weighted by atomic mass is 19.4. The number of carbonyl (C=O) groups excluding carboxylic acids is 1. The third kappa shape index (κ3) is 9.80. The fraction of sp³-hybridized carbons (Fsp3) is 0.806. The lowest BCUT2D eigenvalue weighted by Gasteiger charge is -2.50. The van der Waals surface area contributed by atoms with Gasteiger partial charge in [-0.25, -0.2) is 0 Å². The minimum absolute atomic E-state index is 0.000335. The Morgan fingerprint density at radius 1 is 0.956 bits per heavy atom. The van der Waals surface area contributed by atoms with Crippen LogP contribution < -0.4 is 0 Å². The van der Waals surface area contributed by atoms with Crippen molar-refractivity contribution in [2.24, 2.45) is 23.2 Å². The van der Waals surface area contributed by atoms with Gasteiger partial charge >= 0.3 is 18.1 Å². The highest BCUT2D eigenvalue weighted by Gasteiger charge is 2.56. The van der Waals surface area contributed by atoms with E-state index >= 15 is 0 Å². The second-order valence-corrected chi connectivity index (χ2v) is 13.9. The van der Waals surface area contributed by atoms with Crippen molar-refractivity contribution >= 4 is 5.97 Å². The second kappa shape index (κ2) is 16.8. The van der Waals surface area contributed by atoms with Crippen molar-refractivity contribution < 1.29 is 41.7 Å². The number of phenolic OH excluding ortho intramolecular Hbond substituents is 1. The third-order valence-corrected chi connectivity index (χ3v) is 10.9. The van der Waals surface area contributed by atoms with Crippen molar-refractivity contribution in [2.45, 2.75) is 154 Å². The molecule has 2 fully saturated rings. The van der Waals surface area contributed by atoms with Gasteiger partial charge in [-0.05, 0) is 111 Å². The summed E-state index contributed by atoms with van der Waals surface area (Å²) in [4.78, 5) is 11.9. The van der Waals surface area contributed by atoms with E-state index in [4.69, 9.17) is 4.74 Å². The van der Waals surface area contributed by atoms with Gasteiger partial charge in [-0.15, -0.1) is 0 Å². The lowest BCUT2D eigenvalue weighted by atomic mass is 9.55. The van der Waals surface area contributed by atoms with Crippen molar-refractivity contribution in [1.29, 1.82) is 0 Å². The van der Waals surface area contributed by atoms with E-state index in [2.05, 4.69) is 19.9 Å². The number of alkyl halides is 5. The fourth-order valence-corrected chi connectivity index (χ4v) is 8.24. The maximum atomic E-state index is 12.9. The highest BCUT2D eigenvalue weighted by molar-refractivity contribution is 5.72. The van der Waals surface area contributed by atoms with Crippen molar-refractivity contribution in [3.05, 3.63) is 29.3 Å². The average Bonchev–Trinajstić information content (AvgIpc) is 3.29. The Morgan fingerprint density at radius 2 is 1.62 bits per heavy atom. The standard InChI is InChI=1S/C18H31F5O2.C18H24O2/c1-3-5-6-7-8-9-10-12-15(16(24)25-4-2)13-11-14-17(19,20)18(21,22)23;1-18-9-8-14-13-5-3-12(19)10-11(13)2-4-15(14)16(18)6-7-17(18)20/h15H,3-14H2,1-2H3;3,5,10,14-17,19-20H,2,4,6-9H2,1H3.